The van der Waals surface area contributed by atoms with Crippen molar-refractivity contribution in [2.75, 3.05) is 0 Å². The molecule has 110 valence electrons. The lowest BCUT2D eigenvalue weighted by atomic mass is 10.1. The molecule has 0 saturated carbocycles. The summed E-state index contributed by atoms with van der Waals surface area (Å²) in [5.41, 5.74) is 0.735. The molecule has 0 bridgehead atoms. The van der Waals surface area contributed by atoms with Gasteiger partial charge in [0.15, 0.2) is 14.1 Å². The monoisotopic (exact) mass is 294 g/mol. The summed E-state index contributed by atoms with van der Waals surface area (Å²) in [5.74, 6) is 5.17. The predicted molar refractivity (Wildman–Crippen MR) is 79.8 cm³/mol. The molecular weight excluding hydrogens is 272 g/mol. The summed E-state index contributed by atoms with van der Waals surface area (Å²) in [6, 6.07) is 0. The first kappa shape index (κ1) is 16.7. The van der Waals surface area contributed by atoms with Crippen molar-refractivity contribution in [1.82, 2.24) is 0 Å². The molecule has 1 N–H and O–H groups in total. The van der Waals surface area contributed by atoms with Crippen molar-refractivity contribution in [2.24, 2.45) is 0 Å². The third kappa shape index (κ3) is 6.69. The van der Waals surface area contributed by atoms with Crippen LogP contribution in [-0.4, -0.2) is 31.3 Å². The van der Waals surface area contributed by atoms with E-state index in [4.69, 9.17) is 9.53 Å². The smallest absolute Gasteiger partial charge is 0.303 e. The van der Waals surface area contributed by atoms with E-state index in [1.807, 2.05) is 6.08 Å². The van der Waals surface area contributed by atoms with Crippen molar-refractivity contribution < 1.29 is 19.1 Å². The fourth-order valence-electron chi connectivity index (χ4n) is 1.95. The Bertz CT molecular complexity index is 462. The van der Waals surface area contributed by atoms with Crippen LogP contribution in [0.25, 0.3) is 0 Å². The first-order valence-corrected chi connectivity index (χ1v) is 10.3. The number of unbranched alkanes of at least 4 members (excludes halogenated alkanes) is 1. The Morgan fingerprint density at radius 3 is 2.75 bits per heavy atom. The van der Waals surface area contributed by atoms with Gasteiger partial charge in [0.05, 0.1) is 6.10 Å². The van der Waals surface area contributed by atoms with Gasteiger partial charge in [0.1, 0.15) is 0 Å². The highest BCUT2D eigenvalue weighted by Gasteiger charge is 2.28. The van der Waals surface area contributed by atoms with E-state index in [1.54, 1.807) is 0 Å². The lowest BCUT2D eigenvalue weighted by Crippen LogP contribution is -2.30. The SMILES string of the molecule is C[Si](C)(C)OC1C=C(CC#CCCCC(=O)O)C(=O)C1. The van der Waals surface area contributed by atoms with Crippen LogP contribution in [0.2, 0.25) is 19.6 Å². The van der Waals surface area contributed by atoms with E-state index in [-0.39, 0.29) is 18.3 Å². The highest BCUT2D eigenvalue weighted by atomic mass is 28.4. The van der Waals surface area contributed by atoms with Crippen molar-refractivity contribution in [3.63, 3.8) is 0 Å². The number of hydrogen-bond donors (Lipinski definition) is 1. The minimum Gasteiger partial charge on any atom is -0.481 e. The zero-order valence-electron chi connectivity index (χ0n) is 12.4. The molecule has 0 saturated heterocycles. The summed E-state index contributed by atoms with van der Waals surface area (Å²) in [5, 5.41) is 8.49. The number of rotatable bonds is 6. The Hall–Kier alpha value is -1.38. The Morgan fingerprint density at radius 2 is 2.15 bits per heavy atom. The van der Waals surface area contributed by atoms with Crippen LogP contribution in [0.4, 0.5) is 0 Å². The van der Waals surface area contributed by atoms with Gasteiger partial charge >= 0.3 is 5.97 Å². The number of carbonyl (C=O) groups excluding carboxylic acids is 1. The largest absolute Gasteiger partial charge is 0.481 e. The molecule has 0 spiro atoms. The fraction of sp³-hybridized carbons (Fsp3) is 0.600. The first-order valence-electron chi connectivity index (χ1n) is 6.87. The molecular formula is C15H22O4Si. The number of aliphatic carboxylic acids is 1. The average molecular weight is 294 g/mol. The normalized spacial score (nSPS) is 18.4. The summed E-state index contributed by atoms with van der Waals surface area (Å²) >= 11 is 0. The Labute approximate surface area is 121 Å². The molecule has 1 aliphatic carbocycles. The van der Waals surface area contributed by atoms with Crippen molar-refractivity contribution in [2.45, 2.75) is 57.8 Å². The summed E-state index contributed by atoms with van der Waals surface area (Å²) in [6.07, 6.45) is 3.93. The van der Waals surface area contributed by atoms with E-state index in [0.717, 1.165) is 5.57 Å². The minimum atomic E-state index is -1.63. The van der Waals surface area contributed by atoms with Gasteiger partial charge in [0.25, 0.3) is 0 Å². The molecule has 20 heavy (non-hydrogen) atoms. The predicted octanol–water partition coefficient (Wildman–Crippen LogP) is 2.75. The second-order valence-electron chi connectivity index (χ2n) is 5.87. The zero-order valence-corrected chi connectivity index (χ0v) is 13.4. The van der Waals surface area contributed by atoms with Crippen molar-refractivity contribution in [3.05, 3.63) is 11.6 Å². The number of allylic oxidation sites excluding steroid dienone is 1. The summed E-state index contributed by atoms with van der Waals surface area (Å²) in [7, 11) is -1.63. The van der Waals surface area contributed by atoms with Crippen LogP contribution < -0.4 is 0 Å². The average Bonchev–Trinajstić information content (AvgIpc) is 2.61. The van der Waals surface area contributed by atoms with E-state index in [2.05, 4.69) is 31.5 Å². The quantitative estimate of drug-likeness (QED) is 0.465. The lowest BCUT2D eigenvalue weighted by molar-refractivity contribution is -0.137. The number of ketones is 1. The lowest BCUT2D eigenvalue weighted by Gasteiger charge is -2.21. The van der Waals surface area contributed by atoms with Crippen LogP contribution >= 0.6 is 0 Å². The summed E-state index contributed by atoms with van der Waals surface area (Å²) in [6.45, 7) is 6.31. The minimum absolute atomic E-state index is 0.0852. The molecule has 0 amide bonds. The zero-order chi connectivity index (χ0) is 15.2. The molecule has 4 nitrogen and oxygen atoms in total. The third-order valence-electron chi connectivity index (χ3n) is 2.73. The molecule has 0 aromatic carbocycles. The molecule has 0 aliphatic heterocycles. The third-order valence-corrected chi connectivity index (χ3v) is 3.74. The van der Waals surface area contributed by atoms with Gasteiger partial charge in [-0.05, 0) is 32.1 Å². The van der Waals surface area contributed by atoms with Crippen molar-refractivity contribution in [1.29, 1.82) is 0 Å². The van der Waals surface area contributed by atoms with E-state index < -0.39 is 14.3 Å². The van der Waals surface area contributed by atoms with Crippen LogP contribution in [0.1, 0.15) is 32.1 Å². The van der Waals surface area contributed by atoms with Crippen molar-refractivity contribution in [3.8, 4) is 11.8 Å². The number of hydrogen-bond acceptors (Lipinski definition) is 3. The molecule has 0 radical (unpaired) electrons. The highest BCUT2D eigenvalue weighted by Crippen LogP contribution is 2.22. The highest BCUT2D eigenvalue weighted by molar-refractivity contribution is 6.69. The molecule has 0 aromatic rings. The topological polar surface area (TPSA) is 63.6 Å². The number of carbonyl (C=O) groups is 2. The molecule has 1 rings (SSSR count). The van der Waals surface area contributed by atoms with E-state index in [9.17, 15) is 9.59 Å². The van der Waals surface area contributed by atoms with Crippen LogP contribution in [-0.2, 0) is 14.0 Å². The van der Waals surface area contributed by atoms with Crippen LogP contribution in [0.15, 0.2) is 11.6 Å². The van der Waals surface area contributed by atoms with Gasteiger partial charge in [0, 0.05) is 31.3 Å². The maximum atomic E-state index is 11.8. The standard InChI is InChI=1S/C15H22O4Si/c1-20(2,3)19-13-10-12(14(16)11-13)8-6-4-5-7-9-15(17)18/h10,13H,5,7-9,11H2,1-3H3,(H,17,18). The molecule has 1 unspecified atom stereocenters. The maximum absolute atomic E-state index is 11.8. The second kappa shape index (κ2) is 7.41. The first-order chi connectivity index (χ1) is 9.28. The van der Waals surface area contributed by atoms with Gasteiger partial charge < -0.3 is 9.53 Å². The number of carboxylic acid groups (broad SMARTS) is 1. The Morgan fingerprint density at radius 1 is 1.45 bits per heavy atom. The van der Waals surface area contributed by atoms with Crippen LogP contribution in [0.3, 0.4) is 0 Å². The Balaban J connectivity index is 2.39. The summed E-state index contributed by atoms with van der Waals surface area (Å²) in [4.78, 5) is 22.1. The van der Waals surface area contributed by atoms with Crippen LogP contribution in [0, 0.1) is 11.8 Å². The van der Waals surface area contributed by atoms with E-state index in [0.29, 0.717) is 25.7 Å². The van der Waals surface area contributed by atoms with Crippen LogP contribution in [0.5, 0.6) is 0 Å². The maximum Gasteiger partial charge on any atom is 0.303 e. The van der Waals surface area contributed by atoms with Gasteiger partial charge in [0.2, 0.25) is 0 Å². The van der Waals surface area contributed by atoms with E-state index >= 15 is 0 Å². The van der Waals surface area contributed by atoms with Gasteiger partial charge in [-0.3, -0.25) is 9.59 Å². The molecule has 0 fully saturated rings. The molecule has 5 heteroatoms. The molecule has 0 heterocycles. The molecule has 1 atom stereocenters. The number of carboxylic acids is 1. The summed E-state index contributed by atoms with van der Waals surface area (Å²) < 4.78 is 5.90. The second-order valence-corrected chi connectivity index (χ2v) is 10.3. The van der Waals surface area contributed by atoms with Crippen molar-refractivity contribution >= 4 is 20.1 Å². The fourth-order valence-corrected chi connectivity index (χ4v) is 3.01. The number of Topliss-reactive ketones (excluding diaryl/α,β-unsaturated/α-hetero) is 1. The molecule has 0 aromatic heterocycles. The molecule has 1 aliphatic rings. The van der Waals surface area contributed by atoms with Gasteiger partial charge in [-0.15, -0.1) is 5.92 Å². The Kier molecular flexibility index (Phi) is 6.18. The van der Waals surface area contributed by atoms with Gasteiger partial charge in [-0.1, -0.05) is 5.92 Å². The van der Waals surface area contributed by atoms with E-state index in [1.165, 1.54) is 0 Å². The van der Waals surface area contributed by atoms with Gasteiger partial charge in [-0.25, -0.2) is 0 Å². The van der Waals surface area contributed by atoms with Gasteiger partial charge in [-0.2, -0.15) is 0 Å².